The lowest BCUT2D eigenvalue weighted by Crippen LogP contribution is -2.14. The first kappa shape index (κ1) is 11.7. The summed E-state index contributed by atoms with van der Waals surface area (Å²) < 4.78 is 10.7. The maximum Gasteiger partial charge on any atom is 0.316 e. The molecule has 2 aromatic rings. The van der Waals surface area contributed by atoms with E-state index < -0.39 is 0 Å². The lowest BCUT2D eigenvalue weighted by atomic mass is 10.0. The zero-order valence-corrected chi connectivity index (χ0v) is 10.1. The fourth-order valence-corrected chi connectivity index (χ4v) is 1.90. The van der Waals surface area contributed by atoms with Crippen LogP contribution < -0.4 is 0 Å². The third-order valence-corrected chi connectivity index (χ3v) is 2.77. The van der Waals surface area contributed by atoms with Crippen molar-refractivity contribution in [2.24, 2.45) is 0 Å². The van der Waals surface area contributed by atoms with Crippen molar-refractivity contribution in [1.29, 1.82) is 0 Å². The Labute approximate surface area is 100 Å². The summed E-state index contributed by atoms with van der Waals surface area (Å²) in [5.74, 6) is 0.170. The Kier molecular flexibility index (Phi) is 3.47. The van der Waals surface area contributed by atoms with Gasteiger partial charge in [-0.3, -0.25) is 4.79 Å². The van der Waals surface area contributed by atoms with Gasteiger partial charge < -0.3 is 9.15 Å². The second-order valence-electron chi connectivity index (χ2n) is 3.90. The van der Waals surface area contributed by atoms with Gasteiger partial charge in [-0.2, -0.15) is 0 Å². The summed E-state index contributed by atoms with van der Waals surface area (Å²) in [5.41, 5.74) is 0.810. The SMILES string of the molecule is CCOC(=O)C(CC)c1cc2ccccc2o1. The molecule has 0 amide bonds. The molecule has 0 aliphatic carbocycles. The van der Waals surface area contributed by atoms with Crippen LogP contribution in [0.1, 0.15) is 31.9 Å². The van der Waals surface area contributed by atoms with Gasteiger partial charge in [-0.25, -0.2) is 0 Å². The normalized spacial score (nSPS) is 12.6. The maximum atomic E-state index is 11.8. The minimum absolute atomic E-state index is 0.214. The van der Waals surface area contributed by atoms with Crippen LogP contribution in [-0.4, -0.2) is 12.6 Å². The lowest BCUT2D eigenvalue weighted by molar-refractivity contribution is -0.145. The van der Waals surface area contributed by atoms with Crippen LogP contribution in [0.5, 0.6) is 0 Å². The number of hydrogen-bond acceptors (Lipinski definition) is 3. The van der Waals surface area contributed by atoms with Crippen LogP contribution in [0.3, 0.4) is 0 Å². The maximum absolute atomic E-state index is 11.8. The van der Waals surface area contributed by atoms with Crippen LogP contribution in [-0.2, 0) is 9.53 Å². The average Bonchev–Trinajstić information content (AvgIpc) is 2.73. The molecule has 0 spiro atoms. The van der Waals surface area contributed by atoms with E-state index in [9.17, 15) is 4.79 Å². The second-order valence-corrected chi connectivity index (χ2v) is 3.90. The van der Waals surface area contributed by atoms with Gasteiger partial charge in [0.05, 0.1) is 6.61 Å². The van der Waals surface area contributed by atoms with E-state index in [1.807, 2.05) is 44.2 Å². The Morgan fingerprint density at radius 3 is 2.76 bits per heavy atom. The molecule has 90 valence electrons. The first-order chi connectivity index (χ1) is 8.26. The Morgan fingerprint density at radius 1 is 1.35 bits per heavy atom. The molecule has 0 saturated carbocycles. The molecule has 3 heteroatoms. The first-order valence-corrected chi connectivity index (χ1v) is 5.91. The highest BCUT2D eigenvalue weighted by molar-refractivity contribution is 5.82. The summed E-state index contributed by atoms with van der Waals surface area (Å²) in [4.78, 5) is 11.8. The van der Waals surface area contributed by atoms with Crippen molar-refractivity contribution in [3.8, 4) is 0 Å². The van der Waals surface area contributed by atoms with Gasteiger partial charge in [0.15, 0.2) is 0 Å². The Balaban J connectivity index is 2.33. The highest BCUT2D eigenvalue weighted by Crippen LogP contribution is 2.27. The lowest BCUT2D eigenvalue weighted by Gasteiger charge is -2.10. The molecule has 0 saturated heterocycles. The van der Waals surface area contributed by atoms with Crippen molar-refractivity contribution in [3.63, 3.8) is 0 Å². The number of para-hydroxylation sites is 1. The second kappa shape index (κ2) is 5.04. The van der Waals surface area contributed by atoms with E-state index in [4.69, 9.17) is 9.15 Å². The van der Waals surface area contributed by atoms with Gasteiger partial charge in [0.1, 0.15) is 17.3 Å². The predicted molar refractivity (Wildman–Crippen MR) is 65.9 cm³/mol. The van der Waals surface area contributed by atoms with E-state index >= 15 is 0 Å². The highest BCUT2D eigenvalue weighted by atomic mass is 16.5. The van der Waals surface area contributed by atoms with E-state index in [0.717, 1.165) is 11.0 Å². The molecular weight excluding hydrogens is 216 g/mol. The van der Waals surface area contributed by atoms with Gasteiger partial charge in [0.25, 0.3) is 0 Å². The van der Waals surface area contributed by atoms with Crippen LogP contribution in [0.15, 0.2) is 34.7 Å². The first-order valence-electron chi connectivity index (χ1n) is 5.91. The zero-order valence-electron chi connectivity index (χ0n) is 10.1. The average molecular weight is 232 g/mol. The van der Waals surface area contributed by atoms with Gasteiger partial charge in [-0.05, 0) is 25.5 Å². The van der Waals surface area contributed by atoms with Gasteiger partial charge in [0.2, 0.25) is 0 Å². The minimum Gasteiger partial charge on any atom is -0.465 e. The molecule has 0 radical (unpaired) electrons. The topological polar surface area (TPSA) is 39.4 Å². The van der Waals surface area contributed by atoms with Gasteiger partial charge in [-0.15, -0.1) is 0 Å². The van der Waals surface area contributed by atoms with E-state index in [2.05, 4.69) is 0 Å². The molecule has 0 N–H and O–H groups in total. The molecular formula is C14H16O3. The predicted octanol–water partition coefficient (Wildman–Crippen LogP) is 3.49. The number of rotatable bonds is 4. The number of fused-ring (bicyclic) bond motifs is 1. The summed E-state index contributed by atoms with van der Waals surface area (Å²) in [6, 6.07) is 9.66. The standard InChI is InChI=1S/C14H16O3/c1-3-11(14(15)16-4-2)13-9-10-7-5-6-8-12(10)17-13/h5-9,11H,3-4H2,1-2H3. The number of esters is 1. The summed E-state index contributed by atoms with van der Waals surface area (Å²) in [6.45, 7) is 4.16. The quantitative estimate of drug-likeness (QED) is 0.757. The molecule has 3 nitrogen and oxygen atoms in total. The number of carbonyl (C=O) groups is 1. The van der Waals surface area contributed by atoms with E-state index in [-0.39, 0.29) is 11.9 Å². The molecule has 2 rings (SSSR count). The van der Waals surface area contributed by atoms with Crippen LogP contribution in [0, 0.1) is 0 Å². The summed E-state index contributed by atoms with van der Waals surface area (Å²) in [5, 5.41) is 1.02. The van der Waals surface area contributed by atoms with Gasteiger partial charge in [0, 0.05) is 5.39 Å². The monoisotopic (exact) mass is 232 g/mol. The number of benzene rings is 1. The molecule has 0 aliphatic rings. The van der Waals surface area contributed by atoms with E-state index in [0.29, 0.717) is 18.8 Å². The van der Waals surface area contributed by atoms with Crippen molar-refractivity contribution in [2.45, 2.75) is 26.2 Å². The van der Waals surface area contributed by atoms with Crippen LogP contribution in [0.2, 0.25) is 0 Å². The van der Waals surface area contributed by atoms with Crippen molar-refractivity contribution < 1.29 is 13.9 Å². The van der Waals surface area contributed by atoms with Crippen molar-refractivity contribution in [2.75, 3.05) is 6.61 Å². The van der Waals surface area contributed by atoms with Crippen LogP contribution >= 0.6 is 0 Å². The fraction of sp³-hybridized carbons (Fsp3) is 0.357. The fourth-order valence-electron chi connectivity index (χ4n) is 1.90. The van der Waals surface area contributed by atoms with Crippen molar-refractivity contribution in [3.05, 3.63) is 36.1 Å². The number of furan rings is 1. The molecule has 1 heterocycles. The van der Waals surface area contributed by atoms with Crippen LogP contribution in [0.25, 0.3) is 11.0 Å². The van der Waals surface area contributed by atoms with Crippen molar-refractivity contribution >= 4 is 16.9 Å². The van der Waals surface area contributed by atoms with Gasteiger partial charge in [-0.1, -0.05) is 25.1 Å². The van der Waals surface area contributed by atoms with E-state index in [1.165, 1.54) is 0 Å². The number of carbonyl (C=O) groups excluding carboxylic acids is 1. The number of hydrogen-bond donors (Lipinski definition) is 0. The molecule has 0 bridgehead atoms. The molecule has 1 unspecified atom stereocenters. The molecule has 0 fully saturated rings. The molecule has 17 heavy (non-hydrogen) atoms. The molecule has 1 aromatic heterocycles. The zero-order chi connectivity index (χ0) is 12.3. The molecule has 1 aromatic carbocycles. The Morgan fingerprint density at radius 2 is 2.12 bits per heavy atom. The van der Waals surface area contributed by atoms with Crippen LogP contribution in [0.4, 0.5) is 0 Å². The minimum atomic E-state index is -0.303. The third-order valence-electron chi connectivity index (χ3n) is 2.77. The largest absolute Gasteiger partial charge is 0.465 e. The van der Waals surface area contributed by atoms with Crippen molar-refractivity contribution in [1.82, 2.24) is 0 Å². The summed E-state index contributed by atoms with van der Waals surface area (Å²) >= 11 is 0. The Hall–Kier alpha value is -1.77. The molecule has 1 atom stereocenters. The summed E-state index contributed by atoms with van der Waals surface area (Å²) in [6.07, 6.45) is 0.679. The third kappa shape index (κ3) is 2.33. The summed E-state index contributed by atoms with van der Waals surface area (Å²) in [7, 11) is 0. The number of ether oxygens (including phenoxy) is 1. The highest BCUT2D eigenvalue weighted by Gasteiger charge is 2.23. The van der Waals surface area contributed by atoms with E-state index in [1.54, 1.807) is 0 Å². The Bertz CT molecular complexity index is 480. The van der Waals surface area contributed by atoms with Gasteiger partial charge >= 0.3 is 5.97 Å². The molecule has 0 aliphatic heterocycles. The smallest absolute Gasteiger partial charge is 0.316 e.